The highest BCUT2D eigenvalue weighted by Crippen LogP contribution is 2.37. The van der Waals surface area contributed by atoms with Gasteiger partial charge >= 0.3 is 0 Å². The summed E-state index contributed by atoms with van der Waals surface area (Å²) in [5, 5.41) is 13.7. The van der Waals surface area contributed by atoms with Gasteiger partial charge in [0.25, 0.3) is 0 Å². The fourth-order valence-electron chi connectivity index (χ4n) is 5.31. The van der Waals surface area contributed by atoms with Crippen molar-refractivity contribution in [3.63, 3.8) is 0 Å². The lowest BCUT2D eigenvalue weighted by Gasteiger charge is -2.38. The topological polar surface area (TPSA) is 135 Å². The van der Waals surface area contributed by atoms with Crippen LogP contribution in [0.1, 0.15) is 19.3 Å². The van der Waals surface area contributed by atoms with E-state index in [4.69, 9.17) is 9.47 Å². The molecule has 41 heavy (non-hydrogen) atoms. The Morgan fingerprint density at radius 3 is 2.54 bits per heavy atom. The van der Waals surface area contributed by atoms with Crippen molar-refractivity contribution >= 4 is 19.9 Å². The molecule has 0 amide bonds. The van der Waals surface area contributed by atoms with E-state index in [1.165, 1.54) is 16.4 Å². The maximum atomic E-state index is 13.4. The van der Waals surface area contributed by atoms with Crippen LogP contribution in [-0.2, 0) is 24.6 Å². The van der Waals surface area contributed by atoms with Crippen LogP contribution in [0.4, 0.5) is 0 Å². The molecule has 2 atom stereocenters. The standard InChI is InChI=1S/C29H35N3O7S2/c1-40(34,35)26-8-5-7-25(17-26)38-21-24(33)19-31-23-18-29(39-20-23)11-14-32(15-12-29)41(36,37)27-9-4-6-22(16-27)28-10-2-3-13-30-28/h2-10,13,16-17,23-24,31,33H,11-12,14-15,18-21H2,1H3. The Hall–Kier alpha value is -2.87. The predicted molar refractivity (Wildman–Crippen MR) is 154 cm³/mol. The van der Waals surface area contributed by atoms with E-state index in [1.807, 2.05) is 24.3 Å². The summed E-state index contributed by atoms with van der Waals surface area (Å²) in [5.41, 5.74) is 1.08. The van der Waals surface area contributed by atoms with E-state index >= 15 is 0 Å². The molecule has 2 aliphatic rings. The summed E-state index contributed by atoms with van der Waals surface area (Å²) in [5.74, 6) is 0.375. The van der Waals surface area contributed by atoms with Crippen molar-refractivity contribution in [1.29, 1.82) is 0 Å². The molecule has 2 N–H and O–H groups in total. The average Bonchev–Trinajstić information content (AvgIpc) is 3.37. The fraction of sp³-hybridized carbons (Fsp3) is 0.414. The van der Waals surface area contributed by atoms with Gasteiger partial charge in [0.15, 0.2) is 9.84 Å². The van der Waals surface area contributed by atoms with E-state index in [2.05, 4.69) is 10.3 Å². The number of hydrogen-bond acceptors (Lipinski definition) is 9. The van der Waals surface area contributed by atoms with Gasteiger partial charge in [-0.25, -0.2) is 16.8 Å². The zero-order valence-electron chi connectivity index (χ0n) is 22.8. The summed E-state index contributed by atoms with van der Waals surface area (Å²) in [6, 6.07) is 18.6. The second-order valence-corrected chi connectivity index (χ2v) is 14.6. The van der Waals surface area contributed by atoms with Crippen molar-refractivity contribution in [1.82, 2.24) is 14.6 Å². The molecule has 0 radical (unpaired) electrons. The first kappa shape index (κ1) is 29.6. The molecule has 0 aliphatic carbocycles. The molecular formula is C29H35N3O7S2. The van der Waals surface area contributed by atoms with Crippen LogP contribution in [0, 0.1) is 0 Å². The molecule has 1 aromatic heterocycles. The summed E-state index contributed by atoms with van der Waals surface area (Å²) in [4.78, 5) is 4.74. The third-order valence-electron chi connectivity index (χ3n) is 7.59. The molecule has 220 valence electrons. The maximum Gasteiger partial charge on any atom is 0.243 e. The number of benzene rings is 2. The SMILES string of the molecule is CS(=O)(=O)c1cccc(OCC(O)CNC2COC3(CCN(S(=O)(=O)c4cccc(-c5ccccn5)c4)CC3)C2)c1. The molecule has 2 aromatic carbocycles. The van der Waals surface area contributed by atoms with E-state index in [0.29, 0.717) is 38.3 Å². The third-order valence-corrected chi connectivity index (χ3v) is 10.6. The molecule has 5 rings (SSSR count). The molecule has 2 saturated heterocycles. The predicted octanol–water partition coefficient (Wildman–Crippen LogP) is 2.49. The lowest BCUT2D eigenvalue weighted by Crippen LogP contribution is -2.47. The molecule has 0 saturated carbocycles. The Labute approximate surface area is 241 Å². The molecule has 10 nitrogen and oxygen atoms in total. The second kappa shape index (κ2) is 12.2. The number of sulfone groups is 1. The van der Waals surface area contributed by atoms with E-state index in [0.717, 1.165) is 23.9 Å². The van der Waals surface area contributed by atoms with Crippen LogP contribution in [0.15, 0.2) is 82.7 Å². The summed E-state index contributed by atoms with van der Waals surface area (Å²) < 4.78 is 63.6. The van der Waals surface area contributed by atoms with E-state index in [9.17, 15) is 21.9 Å². The van der Waals surface area contributed by atoms with E-state index < -0.39 is 31.6 Å². The van der Waals surface area contributed by atoms with E-state index in [-0.39, 0.29) is 29.0 Å². The third kappa shape index (κ3) is 7.14. The minimum absolute atomic E-state index is 0.00723. The smallest absolute Gasteiger partial charge is 0.243 e. The van der Waals surface area contributed by atoms with E-state index in [1.54, 1.807) is 36.5 Å². The number of aliphatic hydroxyl groups excluding tert-OH is 1. The highest BCUT2D eigenvalue weighted by molar-refractivity contribution is 7.90. The van der Waals surface area contributed by atoms with Crippen molar-refractivity contribution in [2.45, 2.75) is 46.8 Å². The van der Waals surface area contributed by atoms with Gasteiger partial charge in [-0.2, -0.15) is 4.31 Å². The maximum absolute atomic E-state index is 13.4. The molecule has 2 aliphatic heterocycles. The largest absolute Gasteiger partial charge is 0.491 e. The first-order valence-corrected chi connectivity index (χ1v) is 16.9. The Bertz CT molecular complexity index is 1560. The zero-order valence-corrected chi connectivity index (χ0v) is 24.5. The van der Waals surface area contributed by atoms with Gasteiger partial charge in [0.1, 0.15) is 18.5 Å². The number of pyridine rings is 1. The molecule has 3 heterocycles. The lowest BCUT2D eigenvalue weighted by atomic mass is 9.88. The van der Waals surface area contributed by atoms with Gasteiger partial charge in [-0.15, -0.1) is 0 Å². The van der Waals surface area contributed by atoms with Crippen molar-refractivity contribution in [3.8, 4) is 17.0 Å². The Kier molecular flexibility index (Phi) is 8.78. The van der Waals surface area contributed by atoms with Crippen LogP contribution >= 0.6 is 0 Å². The highest BCUT2D eigenvalue weighted by atomic mass is 32.2. The van der Waals surface area contributed by atoms with Crippen LogP contribution in [0.3, 0.4) is 0 Å². The summed E-state index contributed by atoms with van der Waals surface area (Å²) in [6.07, 6.45) is 3.91. The van der Waals surface area contributed by atoms with Crippen LogP contribution in [-0.4, -0.2) is 88.1 Å². The van der Waals surface area contributed by atoms with Gasteiger partial charge in [-0.3, -0.25) is 4.98 Å². The van der Waals surface area contributed by atoms with Crippen LogP contribution < -0.4 is 10.1 Å². The Morgan fingerprint density at radius 2 is 1.80 bits per heavy atom. The van der Waals surface area contributed by atoms with Crippen LogP contribution in [0.2, 0.25) is 0 Å². The number of aromatic nitrogens is 1. The molecule has 2 fully saturated rings. The van der Waals surface area contributed by atoms with Crippen LogP contribution in [0.25, 0.3) is 11.3 Å². The monoisotopic (exact) mass is 601 g/mol. The van der Waals surface area contributed by atoms with Crippen molar-refractivity contribution in [2.24, 2.45) is 0 Å². The van der Waals surface area contributed by atoms with Crippen LogP contribution in [0.5, 0.6) is 5.75 Å². The number of rotatable bonds is 10. The summed E-state index contributed by atoms with van der Waals surface area (Å²) in [7, 11) is -7.00. The van der Waals surface area contributed by atoms with Gasteiger partial charge in [0, 0.05) is 43.7 Å². The fourth-order valence-corrected chi connectivity index (χ4v) is 7.45. The average molecular weight is 602 g/mol. The molecule has 12 heteroatoms. The first-order chi connectivity index (χ1) is 19.5. The molecule has 3 aromatic rings. The number of ether oxygens (including phenoxy) is 2. The molecule has 1 spiro atoms. The molecule has 0 bridgehead atoms. The molecule has 2 unspecified atom stereocenters. The molecular weight excluding hydrogens is 566 g/mol. The Balaban J connectivity index is 1.10. The number of piperidine rings is 1. The number of hydrogen-bond donors (Lipinski definition) is 2. The quantitative estimate of drug-likeness (QED) is 0.359. The number of nitrogens with one attached hydrogen (secondary N) is 1. The summed E-state index contributed by atoms with van der Waals surface area (Å²) >= 11 is 0. The van der Waals surface area contributed by atoms with Gasteiger partial charge in [0.05, 0.1) is 27.7 Å². The first-order valence-electron chi connectivity index (χ1n) is 13.5. The lowest BCUT2D eigenvalue weighted by molar-refractivity contribution is -0.0312. The number of aliphatic hydroxyl groups is 1. The zero-order chi connectivity index (χ0) is 29.1. The van der Waals surface area contributed by atoms with Crippen molar-refractivity contribution in [2.75, 3.05) is 39.1 Å². The van der Waals surface area contributed by atoms with Crippen molar-refractivity contribution < 1.29 is 31.4 Å². The minimum atomic E-state index is -3.66. The van der Waals surface area contributed by atoms with Gasteiger partial charge in [-0.1, -0.05) is 24.3 Å². The van der Waals surface area contributed by atoms with Gasteiger partial charge in [0.2, 0.25) is 10.0 Å². The van der Waals surface area contributed by atoms with Gasteiger partial charge < -0.3 is 19.9 Å². The highest BCUT2D eigenvalue weighted by Gasteiger charge is 2.44. The van der Waals surface area contributed by atoms with Gasteiger partial charge in [-0.05, 0) is 61.7 Å². The minimum Gasteiger partial charge on any atom is -0.491 e. The second-order valence-electron chi connectivity index (χ2n) is 10.7. The Morgan fingerprint density at radius 1 is 1.05 bits per heavy atom. The van der Waals surface area contributed by atoms with Crippen molar-refractivity contribution in [3.05, 3.63) is 72.9 Å². The number of sulfonamides is 1. The summed E-state index contributed by atoms with van der Waals surface area (Å²) in [6.45, 7) is 1.50. The normalized spacial score (nSPS) is 20.2. The number of nitrogens with zero attached hydrogens (tertiary/aromatic N) is 2.